The lowest BCUT2D eigenvalue weighted by Gasteiger charge is -2.17. The Hall–Kier alpha value is -2.93. The largest absolute Gasteiger partial charge is 0.367 e. The lowest BCUT2D eigenvalue weighted by atomic mass is 10.1. The predicted octanol–water partition coefficient (Wildman–Crippen LogP) is 2.49. The lowest BCUT2D eigenvalue weighted by Crippen LogP contribution is -2.39. The van der Waals surface area contributed by atoms with Crippen LogP contribution in [0.1, 0.15) is 17.3 Å². The molecule has 0 aliphatic rings. The molecule has 0 aliphatic heterocycles. The van der Waals surface area contributed by atoms with Gasteiger partial charge in [0.1, 0.15) is 5.00 Å². The van der Waals surface area contributed by atoms with Crippen molar-refractivity contribution in [3.63, 3.8) is 0 Å². The fraction of sp³-hybridized carbons (Fsp3) is 0.167. The number of hydrogen-bond acceptors (Lipinski definition) is 5. The van der Waals surface area contributed by atoms with Crippen molar-refractivity contribution in [1.82, 2.24) is 4.90 Å². The molecule has 6 nitrogen and oxygen atoms in total. The molecule has 1 aromatic carbocycles. The van der Waals surface area contributed by atoms with Crippen LogP contribution in [0.25, 0.3) is 10.4 Å². The number of nitrogens with zero attached hydrogens (tertiary/aromatic N) is 1. The van der Waals surface area contributed by atoms with Gasteiger partial charge in [0.05, 0.1) is 12.1 Å². The first-order chi connectivity index (χ1) is 11.9. The summed E-state index contributed by atoms with van der Waals surface area (Å²) in [5.41, 5.74) is 6.70. The molecule has 7 heteroatoms. The third kappa shape index (κ3) is 4.54. The van der Waals surface area contributed by atoms with Gasteiger partial charge in [-0.2, -0.15) is 0 Å². The van der Waals surface area contributed by atoms with Crippen LogP contribution in [0.15, 0.2) is 49.1 Å². The zero-order valence-electron chi connectivity index (χ0n) is 13.8. The van der Waals surface area contributed by atoms with Crippen molar-refractivity contribution < 1.29 is 14.4 Å². The molecular weight excluding hydrogens is 338 g/mol. The van der Waals surface area contributed by atoms with Gasteiger partial charge < -0.3 is 11.1 Å². The molecule has 0 radical (unpaired) electrons. The van der Waals surface area contributed by atoms with E-state index in [1.54, 1.807) is 6.07 Å². The number of thiophene rings is 1. The van der Waals surface area contributed by atoms with Gasteiger partial charge >= 0.3 is 0 Å². The zero-order chi connectivity index (χ0) is 18.4. The summed E-state index contributed by atoms with van der Waals surface area (Å²) in [6.45, 7) is 4.86. The number of nitrogens with two attached hydrogens (primary N) is 1. The Morgan fingerprint density at radius 1 is 1.28 bits per heavy atom. The molecule has 0 bridgehead atoms. The van der Waals surface area contributed by atoms with E-state index in [-0.39, 0.29) is 19.0 Å². The van der Waals surface area contributed by atoms with Gasteiger partial charge in [-0.25, -0.2) is 0 Å². The molecule has 1 heterocycles. The van der Waals surface area contributed by atoms with Gasteiger partial charge in [0, 0.05) is 18.3 Å². The summed E-state index contributed by atoms with van der Waals surface area (Å²) in [6.07, 6.45) is 1.48. The number of benzene rings is 1. The summed E-state index contributed by atoms with van der Waals surface area (Å²) in [6, 6.07) is 11.2. The van der Waals surface area contributed by atoms with Gasteiger partial charge in [0.2, 0.25) is 11.8 Å². The van der Waals surface area contributed by atoms with Crippen molar-refractivity contribution >= 4 is 34.1 Å². The normalized spacial score (nSPS) is 10.1. The number of nitrogens with one attached hydrogen (secondary N) is 1. The van der Waals surface area contributed by atoms with Crippen LogP contribution in [0.2, 0.25) is 0 Å². The molecule has 0 aliphatic carbocycles. The standard InChI is InChI=1S/C18H19N3O3S/c1-3-9-21(12(2)22)16(23)11-20-18-14(17(19)24)10-15(25-18)13-7-5-4-6-8-13/h3-8,10,20H,1,9,11H2,2H3,(H2,19,24). The first-order valence-electron chi connectivity index (χ1n) is 7.58. The average Bonchev–Trinajstić information content (AvgIpc) is 3.02. The molecular formula is C18H19N3O3S. The second-order valence-electron chi connectivity index (χ2n) is 5.25. The molecule has 3 N–H and O–H groups in total. The smallest absolute Gasteiger partial charge is 0.251 e. The summed E-state index contributed by atoms with van der Waals surface area (Å²) < 4.78 is 0. The van der Waals surface area contributed by atoms with Crippen LogP contribution in [-0.2, 0) is 9.59 Å². The van der Waals surface area contributed by atoms with Crippen LogP contribution in [-0.4, -0.2) is 35.7 Å². The fourth-order valence-corrected chi connectivity index (χ4v) is 3.30. The van der Waals surface area contributed by atoms with Gasteiger partial charge in [-0.3, -0.25) is 19.3 Å². The summed E-state index contributed by atoms with van der Waals surface area (Å²) in [4.78, 5) is 37.3. The highest BCUT2D eigenvalue weighted by Crippen LogP contribution is 2.35. The minimum atomic E-state index is -0.581. The van der Waals surface area contributed by atoms with Gasteiger partial charge in [0.25, 0.3) is 5.91 Å². The monoisotopic (exact) mass is 357 g/mol. The van der Waals surface area contributed by atoms with Crippen molar-refractivity contribution in [3.8, 4) is 10.4 Å². The maximum absolute atomic E-state index is 12.2. The van der Waals surface area contributed by atoms with E-state index >= 15 is 0 Å². The zero-order valence-corrected chi connectivity index (χ0v) is 14.6. The van der Waals surface area contributed by atoms with E-state index in [1.165, 1.54) is 24.3 Å². The molecule has 2 rings (SSSR count). The van der Waals surface area contributed by atoms with Crippen LogP contribution in [0.4, 0.5) is 5.00 Å². The Morgan fingerprint density at radius 3 is 2.52 bits per heavy atom. The van der Waals surface area contributed by atoms with Gasteiger partial charge in [-0.1, -0.05) is 36.4 Å². The van der Waals surface area contributed by atoms with E-state index in [9.17, 15) is 14.4 Å². The molecule has 1 aromatic heterocycles. The first-order valence-corrected chi connectivity index (χ1v) is 8.40. The molecule has 0 fully saturated rings. The van der Waals surface area contributed by atoms with E-state index in [2.05, 4.69) is 11.9 Å². The number of carbonyl (C=O) groups is 3. The van der Waals surface area contributed by atoms with E-state index in [4.69, 9.17) is 5.73 Å². The Bertz CT molecular complexity index is 799. The topological polar surface area (TPSA) is 92.5 Å². The van der Waals surface area contributed by atoms with Crippen LogP contribution < -0.4 is 11.1 Å². The maximum atomic E-state index is 12.2. The molecule has 3 amide bonds. The van der Waals surface area contributed by atoms with Crippen LogP contribution >= 0.6 is 11.3 Å². The second kappa shape index (κ2) is 8.25. The van der Waals surface area contributed by atoms with E-state index < -0.39 is 11.8 Å². The molecule has 25 heavy (non-hydrogen) atoms. The lowest BCUT2D eigenvalue weighted by molar-refractivity contribution is -0.141. The molecule has 130 valence electrons. The molecule has 0 saturated heterocycles. The predicted molar refractivity (Wildman–Crippen MR) is 99.4 cm³/mol. The van der Waals surface area contributed by atoms with Crippen molar-refractivity contribution in [2.75, 3.05) is 18.4 Å². The van der Waals surface area contributed by atoms with Crippen LogP contribution in [0.3, 0.4) is 0 Å². The number of primary amides is 1. The number of anilines is 1. The molecule has 0 spiro atoms. The van der Waals surface area contributed by atoms with Crippen molar-refractivity contribution in [3.05, 3.63) is 54.6 Å². The third-order valence-corrected chi connectivity index (χ3v) is 4.59. The third-order valence-electron chi connectivity index (χ3n) is 3.45. The van der Waals surface area contributed by atoms with E-state index in [0.717, 1.165) is 15.3 Å². The Morgan fingerprint density at radius 2 is 1.96 bits per heavy atom. The Kier molecular flexibility index (Phi) is 6.08. The Labute approximate surface area is 149 Å². The number of hydrogen-bond donors (Lipinski definition) is 2. The summed E-state index contributed by atoms with van der Waals surface area (Å²) in [7, 11) is 0. The molecule has 0 atom stereocenters. The van der Waals surface area contributed by atoms with E-state index in [1.807, 2.05) is 30.3 Å². The van der Waals surface area contributed by atoms with Crippen molar-refractivity contribution in [1.29, 1.82) is 0 Å². The van der Waals surface area contributed by atoms with Gasteiger partial charge in [0.15, 0.2) is 0 Å². The highest BCUT2D eigenvalue weighted by molar-refractivity contribution is 7.19. The van der Waals surface area contributed by atoms with Crippen molar-refractivity contribution in [2.24, 2.45) is 5.73 Å². The number of carbonyl (C=O) groups excluding carboxylic acids is 3. The first kappa shape index (κ1) is 18.4. The fourth-order valence-electron chi connectivity index (χ4n) is 2.24. The Balaban J connectivity index is 2.20. The average molecular weight is 357 g/mol. The van der Waals surface area contributed by atoms with Gasteiger partial charge in [-0.15, -0.1) is 17.9 Å². The SMILES string of the molecule is C=CCN(C(C)=O)C(=O)CNc1sc(-c2ccccc2)cc1C(N)=O. The number of imide groups is 1. The van der Waals surface area contributed by atoms with Crippen LogP contribution in [0.5, 0.6) is 0 Å². The molecule has 0 unspecified atom stereocenters. The maximum Gasteiger partial charge on any atom is 0.251 e. The highest BCUT2D eigenvalue weighted by Gasteiger charge is 2.19. The van der Waals surface area contributed by atoms with Crippen LogP contribution in [0, 0.1) is 0 Å². The second-order valence-corrected chi connectivity index (χ2v) is 6.30. The summed E-state index contributed by atoms with van der Waals surface area (Å²) in [5, 5.41) is 3.42. The summed E-state index contributed by atoms with van der Waals surface area (Å²) >= 11 is 1.33. The number of rotatable bonds is 7. The molecule has 0 saturated carbocycles. The minimum Gasteiger partial charge on any atom is -0.367 e. The van der Waals surface area contributed by atoms with Crippen molar-refractivity contribution in [2.45, 2.75) is 6.92 Å². The summed E-state index contributed by atoms with van der Waals surface area (Å²) in [5.74, 6) is -1.35. The highest BCUT2D eigenvalue weighted by atomic mass is 32.1. The molecule has 2 aromatic rings. The quantitative estimate of drug-likeness (QED) is 0.745. The van der Waals surface area contributed by atoms with Gasteiger partial charge in [-0.05, 0) is 11.6 Å². The minimum absolute atomic E-state index is 0.123. The number of amides is 3. The van der Waals surface area contributed by atoms with E-state index in [0.29, 0.717) is 10.6 Å².